The maximum absolute atomic E-state index is 10.5. The van der Waals surface area contributed by atoms with Gasteiger partial charge >= 0.3 is 0 Å². The molecule has 0 aliphatic carbocycles. The molecule has 0 fully saturated rings. The number of hydrogen-bond acceptors (Lipinski definition) is 3. The number of nitrogens with two attached hydrogens (primary N) is 1. The minimum absolute atomic E-state index is 0.368. The third kappa shape index (κ3) is 2.79. The second kappa shape index (κ2) is 5.07. The lowest BCUT2D eigenvalue weighted by molar-refractivity contribution is 0.0528. The summed E-state index contributed by atoms with van der Waals surface area (Å²) in [5.41, 5.74) is 8.35. The molecule has 0 radical (unpaired) electrons. The molecule has 96 valence electrons. The average Bonchev–Trinajstić information content (AvgIpc) is 2.27. The summed E-state index contributed by atoms with van der Waals surface area (Å²) in [6.45, 7) is 8.33. The summed E-state index contributed by atoms with van der Waals surface area (Å²) < 4.78 is 5.37. The highest BCUT2D eigenvalue weighted by molar-refractivity contribution is 5.45. The molecular formula is C14H23NO2. The Kier molecular flexibility index (Phi) is 4.17. The Labute approximate surface area is 104 Å². The molecule has 3 N–H and O–H groups in total. The minimum Gasteiger partial charge on any atom is -0.496 e. The molecule has 1 atom stereocenters. The second-order valence-corrected chi connectivity index (χ2v) is 5.29. The lowest BCUT2D eigenvalue weighted by atomic mass is 9.80. The average molecular weight is 237 g/mol. The molecule has 0 aliphatic heterocycles. The van der Waals surface area contributed by atoms with E-state index in [1.165, 1.54) is 0 Å². The van der Waals surface area contributed by atoms with Crippen molar-refractivity contribution in [3.05, 3.63) is 28.8 Å². The zero-order valence-electron chi connectivity index (χ0n) is 11.4. The van der Waals surface area contributed by atoms with E-state index in [2.05, 4.69) is 0 Å². The molecule has 0 saturated heterocycles. The summed E-state index contributed by atoms with van der Waals surface area (Å²) in [7, 11) is 1.62. The summed E-state index contributed by atoms with van der Waals surface area (Å²) in [6, 6.07) is 3.99. The summed E-state index contributed by atoms with van der Waals surface area (Å²) in [4.78, 5) is 0. The number of aryl methyl sites for hydroxylation is 2. The van der Waals surface area contributed by atoms with E-state index in [0.29, 0.717) is 6.54 Å². The van der Waals surface area contributed by atoms with Crippen LogP contribution >= 0.6 is 0 Å². The van der Waals surface area contributed by atoms with Gasteiger partial charge in [-0.05, 0) is 31.0 Å². The summed E-state index contributed by atoms with van der Waals surface area (Å²) in [6.07, 6.45) is -0.622. The van der Waals surface area contributed by atoms with Crippen LogP contribution in [0.15, 0.2) is 12.1 Å². The first-order valence-corrected chi connectivity index (χ1v) is 5.86. The van der Waals surface area contributed by atoms with Crippen molar-refractivity contribution in [2.45, 2.75) is 33.8 Å². The van der Waals surface area contributed by atoms with E-state index in [1.807, 2.05) is 39.8 Å². The fraction of sp³-hybridized carbons (Fsp3) is 0.571. The van der Waals surface area contributed by atoms with Crippen molar-refractivity contribution in [2.75, 3.05) is 13.7 Å². The number of methoxy groups -OCH3 is 1. The molecule has 0 bridgehead atoms. The fourth-order valence-electron chi connectivity index (χ4n) is 1.96. The van der Waals surface area contributed by atoms with Crippen LogP contribution in [0.1, 0.15) is 36.6 Å². The van der Waals surface area contributed by atoms with E-state index in [-0.39, 0.29) is 5.41 Å². The number of rotatable bonds is 4. The van der Waals surface area contributed by atoms with Crippen LogP contribution < -0.4 is 10.5 Å². The van der Waals surface area contributed by atoms with Crippen LogP contribution in [0.3, 0.4) is 0 Å². The molecule has 3 heteroatoms. The molecule has 0 saturated carbocycles. The normalized spacial score (nSPS) is 13.6. The zero-order chi connectivity index (χ0) is 13.2. The third-order valence-electron chi connectivity index (χ3n) is 3.25. The quantitative estimate of drug-likeness (QED) is 0.845. The van der Waals surface area contributed by atoms with E-state index in [1.54, 1.807) is 7.11 Å². The summed E-state index contributed by atoms with van der Waals surface area (Å²) in [5, 5.41) is 10.5. The topological polar surface area (TPSA) is 55.5 Å². The van der Waals surface area contributed by atoms with Gasteiger partial charge in [-0.25, -0.2) is 0 Å². The first kappa shape index (κ1) is 14.0. The van der Waals surface area contributed by atoms with Crippen LogP contribution in [0.2, 0.25) is 0 Å². The predicted molar refractivity (Wildman–Crippen MR) is 70.3 cm³/mol. The van der Waals surface area contributed by atoms with Gasteiger partial charge in [0.25, 0.3) is 0 Å². The molecule has 1 aromatic rings. The van der Waals surface area contributed by atoms with Gasteiger partial charge in [0, 0.05) is 17.5 Å². The Morgan fingerprint density at radius 3 is 2.41 bits per heavy atom. The molecule has 0 aliphatic rings. The molecule has 0 amide bonds. The number of benzene rings is 1. The van der Waals surface area contributed by atoms with Crippen molar-refractivity contribution in [1.29, 1.82) is 0 Å². The minimum atomic E-state index is -0.622. The number of ether oxygens (including phenoxy) is 1. The first-order chi connectivity index (χ1) is 7.83. The second-order valence-electron chi connectivity index (χ2n) is 5.29. The standard InChI is InChI=1S/C14H23NO2/c1-9-6-10(2)12(11(7-9)17-5)13(16)14(3,4)8-15/h6-7,13,16H,8,15H2,1-5H3. The molecule has 1 rings (SSSR count). The van der Waals surface area contributed by atoms with Crippen molar-refractivity contribution in [2.24, 2.45) is 11.1 Å². The Hall–Kier alpha value is -1.06. The lowest BCUT2D eigenvalue weighted by Crippen LogP contribution is -2.31. The van der Waals surface area contributed by atoms with E-state index < -0.39 is 6.10 Å². The summed E-state index contributed by atoms with van der Waals surface area (Å²) in [5.74, 6) is 0.733. The van der Waals surface area contributed by atoms with Crippen LogP contribution in [-0.4, -0.2) is 18.8 Å². The van der Waals surface area contributed by atoms with E-state index in [9.17, 15) is 5.11 Å². The predicted octanol–water partition coefficient (Wildman–Crippen LogP) is 2.33. The van der Waals surface area contributed by atoms with Crippen molar-refractivity contribution < 1.29 is 9.84 Å². The van der Waals surface area contributed by atoms with Gasteiger partial charge in [0.15, 0.2) is 0 Å². The first-order valence-electron chi connectivity index (χ1n) is 5.86. The number of aliphatic hydroxyl groups is 1. The Morgan fingerprint density at radius 1 is 1.35 bits per heavy atom. The molecule has 1 unspecified atom stereocenters. The molecule has 17 heavy (non-hydrogen) atoms. The monoisotopic (exact) mass is 237 g/mol. The van der Waals surface area contributed by atoms with E-state index >= 15 is 0 Å². The van der Waals surface area contributed by atoms with Crippen LogP contribution in [-0.2, 0) is 0 Å². The van der Waals surface area contributed by atoms with Crippen molar-refractivity contribution in [3.63, 3.8) is 0 Å². The van der Waals surface area contributed by atoms with Crippen molar-refractivity contribution >= 4 is 0 Å². The van der Waals surface area contributed by atoms with Crippen LogP contribution in [0, 0.1) is 19.3 Å². The van der Waals surface area contributed by atoms with Gasteiger partial charge in [-0.3, -0.25) is 0 Å². The van der Waals surface area contributed by atoms with Gasteiger partial charge in [0.2, 0.25) is 0 Å². The van der Waals surface area contributed by atoms with Gasteiger partial charge in [0.1, 0.15) is 5.75 Å². The molecule has 1 aromatic carbocycles. The highest BCUT2D eigenvalue weighted by atomic mass is 16.5. The van der Waals surface area contributed by atoms with E-state index in [4.69, 9.17) is 10.5 Å². The molecule has 3 nitrogen and oxygen atoms in total. The van der Waals surface area contributed by atoms with Crippen molar-refractivity contribution in [3.8, 4) is 5.75 Å². The zero-order valence-corrected chi connectivity index (χ0v) is 11.4. The van der Waals surface area contributed by atoms with Gasteiger partial charge in [0.05, 0.1) is 13.2 Å². The lowest BCUT2D eigenvalue weighted by Gasteiger charge is -2.31. The van der Waals surface area contributed by atoms with Crippen LogP contribution in [0.5, 0.6) is 5.75 Å². The Balaban J connectivity index is 3.30. The molecule has 0 spiro atoms. The molecule has 0 heterocycles. The third-order valence-corrected chi connectivity index (χ3v) is 3.25. The molecular weight excluding hydrogens is 214 g/mol. The smallest absolute Gasteiger partial charge is 0.125 e. The van der Waals surface area contributed by atoms with Gasteiger partial charge in [-0.15, -0.1) is 0 Å². The summed E-state index contributed by atoms with van der Waals surface area (Å²) >= 11 is 0. The van der Waals surface area contributed by atoms with Gasteiger partial charge < -0.3 is 15.6 Å². The molecule has 0 aromatic heterocycles. The highest BCUT2D eigenvalue weighted by Crippen LogP contribution is 2.39. The number of hydrogen-bond donors (Lipinski definition) is 2. The SMILES string of the molecule is COc1cc(C)cc(C)c1C(O)C(C)(C)CN. The van der Waals surface area contributed by atoms with Gasteiger partial charge in [-0.1, -0.05) is 19.9 Å². The van der Waals surface area contributed by atoms with E-state index in [0.717, 1.165) is 22.4 Å². The highest BCUT2D eigenvalue weighted by Gasteiger charge is 2.31. The van der Waals surface area contributed by atoms with Crippen LogP contribution in [0.25, 0.3) is 0 Å². The largest absolute Gasteiger partial charge is 0.496 e. The maximum atomic E-state index is 10.5. The van der Waals surface area contributed by atoms with Gasteiger partial charge in [-0.2, -0.15) is 0 Å². The maximum Gasteiger partial charge on any atom is 0.125 e. The Morgan fingerprint density at radius 2 is 1.94 bits per heavy atom. The number of aliphatic hydroxyl groups excluding tert-OH is 1. The van der Waals surface area contributed by atoms with Crippen LogP contribution in [0.4, 0.5) is 0 Å². The fourth-order valence-corrected chi connectivity index (χ4v) is 1.96. The Bertz CT molecular complexity index is 399. The van der Waals surface area contributed by atoms with Crippen molar-refractivity contribution in [1.82, 2.24) is 0 Å².